The molecule has 2 rings (SSSR count). The van der Waals surface area contributed by atoms with Gasteiger partial charge in [0.15, 0.2) is 5.78 Å². The molecule has 0 N–H and O–H groups in total. The van der Waals surface area contributed by atoms with Crippen LogP contribution in [0.4, 0.5) is 0 Å². The number of hydrogen-bond donors (Lipinski definition) is 0. The minimum absolute atomic E-state index is 0.119. The minimum atomic E-state index is -0.232. The van der Waals surface area contributed by atoms with Crippen molar-refractivity contribution in [2.24, 2.45) is 0 Å². The maximum absolute atomic E-state index is 12.5. The highest BCUT2D eigenvalue weighted by Crippen LogP contribution is 2.39. The highest BCUT2D eigenvalue weighted by atomic mass is 16.5. The van der Waals surface area contributed by atoms with Gasteiger partial charge in [0.05, 0.1) is 17.8 Å². The second kappa shape index (κ2) is 5.74. The Labute approximate surface area is 114 Å². The number of Topliss-reactive ketones (excluding diaryl/α,β-unsaturated/α-hetero) is 1. The number of ether oxygens (including phenoxy) is 2. The first kappa shape index (κ1) is 14.1. The zero-order valence-electron chi connectivity index (χ0n) is 12.0. The summed E-state index contributed by atoms with van der Waals surface area (Å²) in [5, 5.41) is 0. The molecule has 19 heavy (non-hydrogen) atoms. The standard InChI is InChI=1S/C16H22O3/c1-4-19-15-7-6-12(2)10-13(15)14(17)11-16(18-3)8-5-9-16/h6-7,10H,4-5,8-9,11H2,1-3H3. The van der Waals surface area contributed by atoms with Crippen molar-refractivity contribution in [3.8, 4) is 5.75 Å². The Bertz CT molecular complexity index is 456. The van der Waals surface area contributed by atoms with Crippen LogP contribution in [0.5, 0.6) is 5.75 Å². The first-order chi connectivity index (χ1) is 9.10. The predicted octanol–water partition coefficient (Wildman–Crippen LogP) is 3.54. The van der Waals surface area contributed by atoms with Gasteiger partial charge in [-0.1, -0.05) is 11.6 Å². The molecule has 0 aliphatic heterocycles. The maximum atomic E-state index is 12.5. The zero-order chi connectivity index (χ0) is 13.9. The summed E-state index contributed by atoms with van der Waals surface area (Å²) < 4.78 is 11.1. The Hall–Kier alpha value is -1.35. The number of aryl methyl sites for hydroxylation is 1. The summed E-state index contributed by atoms with van der Waals surface area (Å²) in [7, 11) is 1.70. The van der Waals surface area contributed by atoms with Crippen molar-refractivity contribution in [3.05, 3.63) is 29.3 Å². The van der Waals surface area contributed by atoms with E-state index in [2.05, 4.69) is 0 Å². The zero-order valence-corrected chi connectivity index (χ0v) is 12.0. The van der Waals surface area contributed by atoms with Crippen LogP contribution in [0.2, 0.25) is 0 Å². The molecule has 0 amide bonds. The van der Waals surface area contributed by atoms with Crippen LogP contribution in [0.15, 0.2) is 18.2 Å². The first-order valence-electron chi connectivity index (χ1n) is 6.92. The van der Waals surface area contributed by atoms with E-state index in [4.69, 9.17) is 9.47 Å². The molecule has 1 aromatic rings. The molecule has 0 heterocycles. The summed E-state index contributed by atoms with van der Waals surface area (Å²) in [5.41, 5.74) is 1.53. The van der Waals surface area contributed by atoms with Crippen molar-refractivity contribution in [2.45, 2.75) is 45.1 Å². The summed E-state index contributed by atoms with van der Waals surface area (Å²) in [4.78, 5) is 12.5. The van der Waals surface area contributed by atoms with Gasteiger partial charge in [0.1, 0.15) is 5.75 Å². The lowest BCUT2D eigenvalue weighted by Gasteiger charge is -2.40. The molecule has 0 saturated heterocycles. The average molecular weight is 262 g/mol. The van der Waals surface area contributed by atoms with Crippen molar-refractivity contribution in [1.82, 2.24) is 0 Å². The number of methoxy groups -OCH3 is 1. The molecule has 0 aromatic heterocycles. The largest absolute Gasteiger partial charge is 0.493 e. The first-order valence-corrected chi connectivity index (χ1v) is 6.92. The van der Waals surface area contributed by atoms with E-state index in [9.17, 15) is 4.79 Å². The van der Waals surface area contributed by atoms with Gasteiger partial charge in [0, 0.05) is 13.5 Å². The Kier molecular flexibility index (Phi) is 4.25. The van der Waals surface area contributed by atoms with Gasteiger partial charge in [-0.2, -0.15) is 0 Å². The van der Waals surface area contributed by atoms with Gasteiger partial charge in [0.25, 0.3) is 0 Å². The third kappa shape index (κ3) is 2.98. The molecule has 1 aromatic carbocycles. The highest BCUT2D eigenvalue weighted by molar-refractivity contribution is 5.99. The SMILES string of the molecule is CCOc1ccc(C)cc1C(=O)CC1(OC)CCC1. The number of benzene rings is 1. The molecule has 104 valence electrons. The normalized spacial score (nSPS) is 16.8. The maximum Gasteiger partial charge on any atom is 0.169 e. The summed E-state index contributed by atoms with van der Waals surface area (Å²) in [6.45, 7) is 4.48. The fourth-order valence-electron chi connectivity index (χ4n) is 2.56. The van der Waals surface area contributed by atoms with Gasteiger partial charge in [-0.05, 0) is 45.2 Å². The number of hydrogen-bond acceptors (Lipinski definition) is 3. The minimum Gasteiger partial charge on any atom is -0.493 e. The lowest BCUT2D eigenvalue weighted by atomic mass is 9.75. The highest BCUT2D eigenvalue weighted by Gasteiger charge is 2.39. The molecule has 0 radical (unpaired) electrons. The van der Waals surface area contributed by atoms with Crippen molar-refractivity contribution < 1.29 is 14.3 Å². The van der Waals surface area contributed by atoms with E-state index >= 15 is 0 Å². The third-order valence-electron chi connectivity index (χ3n) is 3.92. The average Bonchev–Trinajstić information content (AvgIpc) is 2.36. The Morgan fingerprint density at radius 3 is 2.63 bits per heavy atom. The van der Waals surface area contributed by atoms with Crippen LogP contribution in [0.25, 0.3) is 0 Å². The van der Waals surface area contributed by atoms with E-state index in [0.717, 1.165) is 24.8 Å². The molecule has 0 atom stereocenters. The van der Waals surface area contributed by atoms with Crippen LogP contribution in [0.3, 0.4) is 0 Å². The Balaban J connectivity index is 2.20. The van der Waals surface area contributed by atoms with Gasteiger partial charge in [-0.25, -0.2) is 0 Å². The van der Waals surface area contributed by atoms with Gasteiger partial charge in [0.2, 0.25) is 0 Å². The van der Waals surface area contributed by atoms with Crippen molar-refractivity contribution in [1.29, 1.82) is 0 Å². The van der Waals surface area contributed by atoms with Gasteiger partial charge in [-0.3, -0.25) is 4.79 Å². The van der Waals surface area contributed by atoms with Crippen LogP contribution in [0, 0.1) is 6.92 Å². The fourth-order valence-corrected chi connectivity index (χ4v) is 2.56. The molecule has 1 aliphatic rings. The molecule has 0 bridgehead atoms. The Morgan fingerprint density at radius 1 is 1.37 bits per heavy atom. The van der Waals surface area contributed by atoms with E-state index in [0.29, 0.717) is 24.3 Å². The van der Waals surface area contributed by atoms with E-state index in [1.54, 1.807) is 7.11 Å². The molecule has 0 unspecified atom stereocenters. The van der Waals surface area contributed by atoms with E-state index in [1.165, 1.54) is 0 Å². The monoisotopic (exact) mass is 262 g/mol. The second-order valence-electron chi connectivity index (χ2n) is 5.27. The summed E-state index contributed by atoms with van der Waals surface area (Å²) >= 11 is 0. The molecule has 3 heteroatoms. The lowest BCUT2D eigenvalue weighted by molar-refractivity contribution is -0.0705. The van der Waals surface area contributed by atoms with Gasteiger partial charge >= 0.3 is 0 Å². The molecule has 1 fully saturated rings. The van der Waals surface area contributed by atoms with Gasteiger partial charge in [-0.15, -0.1) is 0 Å². The van der Waals surface area contributed by atoms with E-state index in [-0.39, 0.29) is 11.4 Å². The van der Waals surface area contributed by atoms with Crippen LogP contribution < -0.4 is 4.74 Å². The molecule has 3 nitrogen and oxygen atoms in total. The number of ketones is 1. The molecule has 0 spiro atoms. The molecule has 1 saturated carbocycles. The third-order valence-corrected chi connectivity index (χ3v) is 3.92. The Morgan fingerprint density at radius 2 is 2.11 bits per heavy atom. The van der Waals surface area contributed by atoms with E-state index < -0.39 is 0 Å². The van der Waals surface area contributed by atoms with Crippen LogP contribution in [0.1, 0.15) is 48.5 Å². The lowest BCUT2D eigenvalue weighted by Crippen LogP contribution is -2.41. The quantitative estimate of drug-likeness (QED) is 0.736. The van der Waals surface area contributed by atoms with Crippen molar-refractivity contribution in [3.63, 3.8) is 0 Å². The predicted molar refractivity (Wildman–Crippen MR) is 74.9 cm³/mol. The van der Waals surface area contributed by atoms with Crippen molar-refractivity contribution >= 4 is 5.78 Å². The molecule has 1 aliphatic carbocycles. The van der Waals surface area contributed by atoms with Crippen LogP contribution in [-0.2, 0) is 4.74 Å². The second-order valence-corrected chi connectivity index (χ2v) is 5.27. The van der Waals surface area contributed by atoms with E-state index in [1.807, 2.05) is 32.0 Å². The number of carbonyl (C=O) groups is 1. The summed E-state index contributed by atoms with van der Waals surface area (Å²) in [6.07, 6.45) is 3.55. The number of carbonyl (C=O) groups excluding carboxylic acids is 1. The molecular formula is C16H22O3. The topological polar surface area (TPSA) is 35.5 Å². The van der Waals surface area contributed by atoms with Crippen LogP contribution >= 0.6 is 0 Å². The summed E-state index contributed by atoms with van der Waals surface area (Å²) in [6, 6.07) is 5.76. The van der Waals surface area contributed by atoms with Crippen molar-refractivity contribution in [2.75, 3.05) is 13.7 Å². The molecular weight excluding hydrogens is 240 g/mol. The fraction of sp³-hybridized carbons (Fsp3) is 0.562. The van der Waals surface area contributed by atoms with Crippen LogP contribution in [-0.4, -0.2) is 25.1 Å². The number of rotatable bonds is 6. The summed E-state index contributed by atoms with van der Waals surface area (Å²) in [5.74, 6) is 0.803. The van der Waals surface area contributed by atoms with Gasteiger partial charge < -0.3 is 9.47 Å². The smallest absolute Gasteiger partial charge is 0.169 e.